The van der Waals surface area contributed by atoms with Gasteiger partial charge in [0.05, 0.1) is 10.6 Å². The summed E-state index contributed by atoms with van der Waals surface area (Å²) >= 11 is 1.18. The summed E-state index contributed by atoms with van der Waals surface area (Å²) in [6.07, 6.45) is 2.89. The molecule has 1 saturated heterocycles. The van der Waals surface area contributed by atoms with Gasteiger partial charge in [-0.2, -0.15) is 0 Å². The Labute approximate surface area is 204 Å². The summed E-state index contributed by atoms with van der Waals surface area (Å²) in [7, 11) is -3.76. The zero-order valence-corrected chi connectivity index (χ0v) is 19.9. The minimum Gasteiger partial charge on any atom is -0.457 e. The van der Waals surface area contributed by atoms with E-state index in [4.69, 9.17) is 4.42 Å². The van der Waals surface area contributed by atoms with E-state index in [9.17, 15) is 18.0 Å². The SMILES string of the molecule is Cc1ccc(N2NC(=O)/C(=C/c3ccc(-c4ccc(S(=O)(=O)Nc5nccs5)cc4)o3)C2=O)cc1. The number of hydrogen-bond donors (Lipinski definition) is 2. The molecular formula is C24H18N4O5S2. The van der Waals surface area contributed by atoms with E-state index in [2.05, 4.69) is 15.1 Å². The number of furan rings is 1. The van der Waals surface area contributed by atoms with Crippen molar-refractivity contribution in [2.24, 2.45) is 0 Å². The fourth-order valence-corrected chi connectivity index (χ4v) is 5.20. The predicted octanol–water partition coefficient (Wildman–Crippen LogP) is 3.97. The number of hydrogen-bond acceptors (Lipinski definition) is 7. The van der Waals surface area contributed by atoms with Gasteiger partial charge in [-0.1, -0.05) is 17.7 Å². The first-order valence-corrected chi connectivity index (χ1v) is 12.7. The molecule has 3 heterocycles. The van der Waals surface area contributed by atoms with Gasteiger partial charge in [-0.15, -0.1) is 11.3 Å². The van der Waals surface area contributed by atoms with Gasteiger partial charge >= 0.3 is 0 Å². The van der Waals surface area contributed by atoms with Crippen molar-refractivity contribution in [3.05, 3.63) is 89.1 Å². The first-order valence-electron chi connectivity index (χ1n) is 10.4. The maximum Gasteiger partial charge on any atom is 0.282 e. The third kappa shape index (κ3) is 4.59. The van der Waals surface area contributed by atoms with Crippen LogP contribution >= 0.6 is 11.3 Å². The van der Waals surface area contributed by atoms with Crippen LogP contribution in [0.4, 0.5) is 10.8 Å². The number of carbonyl (C=O) groups is 2. The van der Waals surface area contributed by atoms with Crippen molar-refractivity contribution < 1.29 is 22.4 Å². The third-order valence-corrected chi connectivity index (χ3v) is 7.37. The van der Waals surface area contributed by atoms with Crippen molar-refractivity contribution in [3.8, 4) is 11.3 Å². The lowest BCUT2D eigenvalue weighted by Crippen LogP contribution is -2.35. The second kappa shape index (κ2) is 8.85. The molecule has 2 N–H and O–H groups in total. The van der Waals surface area contributed by atoms with Gasteiger partial charge in [0.1, 0.15) is 17.1 Å². The topological polar surface area (TPSA) is 122 Å². The van der Waals surface area contributed by atoms with Gasteiger partial charge in [-0.3, -0.25) is 19.7 Å². The first kappa shape index (κ1) is 22.6. The molecule has 5 rings (SSSR count). The van der Waals surface area contributed by atoms with Crippen LogP contribution in [0, 0.1) is 6.92 Å². The maximum atomic E-state index is 12.8. The minimum atomic E-state index is -3.76. The van der Waals surface area contributed by atoms with E-state index in [-0.39, 0.29) is 15.6 Å². The molecule has 2 amide bonds. The van der Waals surface area contributed by atoms with Crippen LogP contribution in [0.1, 0.15) is 11.3 Å². The average molecular weight is 507 g/mol. The highest BCUT2D eigenvalue weighted by atomic mass is 32.2. The van der Waals surface area contributed by atoms with Crippen molar-refractivity contribution in [1.82, 2.24) is 10.4 Å². The minimum absolute atomic E-state index is 0.0545. The number of nitrogens with one attached hydrogen (secondary N) is 2. The Balaban J connectivity index is 1.34. The van der Waals surface area contributed by atoms with Crippen LogP contribution in [0.2, 0.25) is 0 Å². The van der Waals surface area contributed by atoms with Crippen LogP contribution < -0.4 is 15.2 Å². The Hall–Kier alpha value is -4.22. The van der Waals surface area contributed by atoms with E-state index in [1.54, 1.807) is 41.8 Å². The van der Waals surface area contributed by atoms with E-state index in [1.807, 2.05) is 19.1 Å². The molecule has 9 nitrogen and oxygen atoms in total. The number of anilines is 2. The van der Waals surface area contributed by atoms with E-state index >= 15 is 0 Å². The highest BCUT2D eigenvalue weighted by Crippen LogP contribution is 2.27. The maximum absolute atomic E-state index is 12.8. The van der Waals surface area contributed by atoms with E-state index in [1.165, 1.54) is 40.8 Å². The molecule has 4 aromatic rings. The Morgan fingerprint density at radius 1 is 1.03 bits per heavy atom. The molecule has 0 saturated carbocycles. The molecule has 1 aliphatic rings. The summed E-state index contributed by atoms with van der Waals surface area (Å²) in [5, 5.41) is 3.15. The summed E-state index contributed by atoms with van der Waals surface area (Å²) in [6, 6.07) is 16.6. The molecule has 176 valence electrons. The average Bonchev–Trinajstić information content (AvgIpc) is 3.58. The molecule has 0 atom stereocenters. The number of thiazole rings is 1. The summed E-state index contributed by atoms with van der Waals surface area (Å²) in [6.45, 7) is 1.93. The molecule has 0 bridgehead atoms. The molecule has 1 aliphatic heterocycles. The molecule has 0 aliphatic carbocycles. The second-order valence-electron chi connectivity index (χ2n) is 7.64. The Morgan fingerprint density at radius 2 is 1.77 bits per heavy atom. The van der Waals surface area contributed by atoms with Gasteiger partial charge in [0.15, 0.2) is 5.13 Å². The summed E-state index contributed by atoms with van der Waals surface area (Å²) in [5.74, 6) is -0.253. The Kier molecular flexibility index (Phi) is 5.71. The Bertz CT molecular complexity index is 1540. The molecule has 11 heteroatoms. The molecule has 1 fully saturated rings. The van der Waals surface area contributed by atoms with Crippen LogP contribution in [0.25, 0.3) is 17.4 Å². The molecule has 0 unspecified atom stereocenters. The summed E-state index contributed by atoms with van der Waals surface area (Å²) in [4.78, 5) is 29.2. The fourth-order valence-electron chi connectivity index (χ4n) is 3.41. The van der Waals surface area contributed by atoms with Crippen LogP contribution in [0.15, 0.2) is 87.1 Å². The lowest BCUT2D eigenvalue weighted by molar-refractivity contribution is -0.117. The number of aryl methyl sites for hydroxylation is 1. The van der Waals surface area contributed by atoms with Crippen molar-refractivity contribution in [2.45, 2.75) is 11.8 Å². The number of rotatable bonds is 6. The fraction of sp³-hybridized carbons (Fsp3) is 0.0417. The van der Waals surface area contributed by atoms with Gasteiger partial charge in [0.2, 0.25) is 0 Å². The van der Waals surface area contributed by atoms with Crippen molar-refractivity contribution in [3.63, 3.8) is 0 Å². The Morgan fingerprint density at radius 3 is 2.46 bits per heavy atom. The van der Waals surface area contributed by atoms with Crippen molar-refractivity contribution in [1.29, 1.82) is 0 Å². The van der Waals surface area contributed by atoms with Gasteiger partial charge in [0, 0.05) is 17.1 Å². The van der Waals surface area contributed by atoms with E-state index in [0.717, 1.165) is 5.56 Å². The number of amides is 2. The van der Waals surface area contributed by atoms with Crippen LogP contribution in [0.5, 0.6) is 0 Å². The highest BCUT2D eigenvalue weighted by molar-refractivity contribution is 7.93. The normalized spacial score (nSPS) is 15.0. The largest absolute Gasteiger partial charge is 0.457 e. The number of nitrogens with zero attached hydrogens (tertiary/aromatic N) is 2. The number of hydrazine groups is 1. The van der Waals surface area contributed by atoms with Crippen LogP contribution in [-0.4, -0.2) is 25.2 Å². The number of sulfonamides is 1. The first-order chi connectivity index (χ1) is 16.8. The van der Waals surface area contributed by atoms with Crippen molar-refractivity contribution >= 4 is 50.1 Å². The quantitative estimate of drug-likeness (QED) is 0.301. The zero-order chi connectivity index (χ0) is 24.6. The van der Waals surface area contributed by atoms with E-state index in [0.29, 0.717) is 22.8 Å². The summed E-state index contributed by atoms with van der Waals surface area (Å²) < 4.78 is 33.2. The highest BCUT2D eigenvalue weighted by Gasteiger charge is 2.34. The van der Waals surface area contributed by atoms with Gasteiger partial charge in [0.25, 0.3) is 21.8 Å². The zero-order valence-electron chi connectivity index (χ0n) is 18.3. The van der Waals surface area contributed by atoms with Gasteiger partial charge < -0.3 is 4.42 Å². The predicted molar refractivity (Wildman–Crippen MR) is 132 cm³/mol. The van der Waals surface area contributed by atoms with Crippen LogP contribution in [0.3, 0.4) is 0 Å². The molecule has 2 aromatic carbocycles. The monoisotopic (exact) mass is 506 g/mol. The third-order valence-electron chi connectivity index (χ3n) is 5.20. The van der Waals surface area contributed by atoms with Crippen molar-refractivity contribution in [2.75, 3.05) is 9.73 Å². The lowest BCUT2D eigenvalue weighted by atomic mass is 10.2. The smallest absolute Gasteiger partial charge is 0.282 e. The molecule has 35 heavy (non-hydrogen) atoms. The molecular weight excluding hydrogens is 488 g/mol. The van der Waals surface area contributed by atoms with Gasteiger partial charge in [-0.05, 0) is 61.5 Å². The summed E-state index contributed by atoms with van der Waals surface area (Å²) in [5.41, 5.74) is 4.72. The van der Waals surface area contributed by atoms with E-state index < -0.39 is 21.8 Å². The lowest BCUT2D eigenvalue weighted by Gasteiger charge is -2.14. The standard InChI is InChI=1S/C24H18N4O5S2/c1-15-2-6-17(7-3-15)28-23(30)20(22(29)26-28)14-18-8-11-21(33-18)16-4-9-19(10-5-16)35(31,32)27-24-25-12-13-34-24/h2-14H,1H3,(H,25,27)(H,26,29)/b20-14-. The molecule has 0 spiro atoms. The molecule has 2 aromatic heterocycles. The number of carbonyl (C=O) groups excluding carboxylic acids is 2. The number of aromatic nitrogens is 1. The van der Waals surface area contributed by atoms with Crippen LogP contribution in [-0.2, 0) is 19.6 Å². The second-order valence-corrected chi connectivity index (χ2v) is 10.2. The molecule has 0 radical (unpaired) electrons. The number of benzene rings is 2. The van der Waals surface area contributed by atoms with Gasteiger partial charge in [-0.25, -0.2) is 18.4 Å².